The van der Waals surface area contributed by atoms with E-state index in [9.17, 15) is 4.79 Å². The first kappa shape index (κ1) is 20.6. The number of nitrogens with zero attached hydrogens (tertiary/aromatic N) is 6. The fraction of sp³-hybridized carbons (Fsp3) is 0.579. The molecule has 9 heteroatoms. The SMILES string of the molecule is CCCNC(=O)CN1CCN(Cn2nc(-c3ccncc3)n(CC)c2=S)CC1. The molecule has 3 rings (SSSR count). The van der Waals surface area contributed by atoms with E-state index in [0.717, 1.165) is 61.8 Å². The van der Waals surface area contributed by atoms with Gasteiger partial charge in [-0.1, -0.05) is 6.92 Å². The van der Waals surface area contributed by atoms with Crippen molar-refractivity contribution in [2.24, 2.45) is 0 Å². The monoisotopic (exact) mass is 403 g/mol. The highest BCUT2D eigenvalue weighted by molar-refractivity contribution is 7.71. The maximum Gasteiger partial charge on any atom is 0.234 e. The lowest BCUT2D eigenvalue weighted by atomic mass is 10.2. The fourth-order valence-corrected chi connectivity index (χ4v) is 3.65. The standard InChI is InChI=1S/C19H29N7OS/c1-3-7-21-17(27)14-23-10-12-24(13-11-23)15-26-19(28)25(4-2)18(22-26)16-5-8-20-9-6-16/h5-6,8-9H,3-4,7,10-15H2,1-2H3,(H,21,27). The van der Waals surface area contributed by atoms with Crippen molar-refractivity contribution < 1.29 is 4.79 Å². The van der Waals surface area contributed by atoms with Gasteiger partial charge in [-0.15, -0.1) is 0 Å². The molecule has 0 aliphatic carbocycles. The molecule has 0 bridgehead atoms. The van der Waals surface area contributed by atoms with Gasteiger partial charge in [0, 0.05) is 57.2 Å². The van der Waals surface area contributed by atoms with Gasteiger partial charge in [-0.05, 0) is 37.7 Å². The van der Waals surface area contributed by atoms with E-state index in [4.69, 9.17) is 17.3 Å². The van der Waals surface area contributed by atoms with Crippen LogP contribution >= 0.6 is 12.2 Å². The topological polar surface area (TPSA) is 71.2 Å². The number of hydrogen-bond donors (Lipinski definition) is 1. The highest BCUT2D eigenvalue weighted by Crippen LogP contribution is 2.18. The van der Waals surface area contributed by atoms with E-state index in [2.05, 4.69) is 38.5 Å². The molecule has 28 heavy (non-hydrogen) atoms. The van der Waals surface area contributed by atoms with Crippen LogP contribution in [0.2, 0.25) is 0 Å². The van der Waals surface area contributed by atoms with Crippen molar-refractivity contribution in [2.45, 2.75) is 33.5 Å². The third kappa shape index (κ3) is 5.03. The van der Waals surface area contributed by atoms with Crippen LogP contribution in [-0.4, -0.2) is 74.3 Å². The van der Waals surface area contributed by atoms with Gasteiger partial charge in [0.05, 0.1) is 13.2 Å². The van der Waals surface area contributed by atoms with Gasteiger partial charge in [-0.3, -0.25) is 19.6 Å². The van der Waals surface area contributed by atoms with Gasteiger partial charge in [0.25, 0.3) is 0 Å². The lowest BCUT2D eigenvalue weighted by Gasteiger charge is -2.33. The van der Waals surface area contributed by atoms with E-state index >= 15 is 0 Å². The summed E-state index contributed by atoms with van der Waals surface area (Å²) in [6.07, 6.45) is 4.51. The van der Waals surface area contributed by atoms with E-state index in [-0.39, 0.29) is 5.91 Å². The van der Waals surface area contributed by atoms with Gasteiger partial charge >= 0.3 is 0 Å². The van der Waals surface area contributed by atoms with Crippen LogP contribution < -0.4 is 5.32 Å². The minimum absolute atomic E-state index is 0.112. The third-order valence-corrected chi connectivity index (χ3v) is 5.35. The molecule has 152 valence electrons. The third-order valence-electron chi connectivity index (χ3n) is 4.92. The number of amides is 1. The number of carbonyl (C=O) groups excluding carboxylic acids is 1. The predicted octanol–water partition coefficient (Wildman–Crippen LogP) is 1.60. The van der Waals surface area contributed by atoms with Crippen molar-refractivity contribution in [1.82, 2.24) is 34.4 Å². The number of nitrogens with one attached hydrogen (secondary N) is 1. The van der Waals surface area contributed by atoms with Crippen LogP contribution in [0, 0.1) is 4.77 Å². The predicted molar refractivity (Wildman–Crippen MR) is 111 cm³/mol. The van der Waals surface area contributed by atoms with Gasteiger partial charge < -0.3 is 9.88 Å². The molecule has 1 aliphatic heterocycles. The Hall–Kier alpha value is -2.10. The fourth-order valence-electron chi connectivity index (χ4n) is 3.33. The van der Waals surface area contributed by atoms with Crippen LogP contribution in [0.4, 0.5) is 0 Å². The van der Waals surface area contributed by atoms with E-state index in [1.807, 2.05) is 16.8 Å². The number of aromatic nitrogens is 4. The first-order valence-electron chi connectivity index (χ1n) is 9.91. The summed E-state index contributed by atoms with van der Waals surface area (Å²) in [5, 5.41) is 7.71. The quantitative estimate of drug-likeness (QED) is 0.675. The zero-order chi connectivity index (χ0) is 19.9. The highest BCUT2D eigenvalue weighted by Gasteiger charge is 2.20. The molecule has 3 heterocycles. The summed E-state index contributed by atoms with van der Waals surface area (Å²) in [7, 11) is 0. The summed E-state index contributed by atoms with van der Waals surface area (Å²) >= 11 is 5.66. The largest absolute Gasteiger partial charge is 0.355 e. The Morgan fingerprint density at radius 2 is 1.82 bits per heavy atom. The second kappa shape index (κ2) is 9.90. The Bertz CT molecular complexity index is 825. The summed E-state index contributed by atoms with van der Waals surface area (Å²) in [6.45, 7) is 10.3. The zero-order valence-electron chi connectivity index (χ0n) is 16.7. The van der Waals surface area contributed by atoms with Crippen molar-refractivity contribution in [3.63, 3.8) is 0 Å². The number of rotatable bonds is 8. The van der Waals surface area contributed by atoms with Gasteiger partial charge in [0.1, 0.15) is 0 Å². The Morgan fingerprint density at radius 3 is 2.46 bits per heavy atom. The smallest absolute Gasteiger partial charge is 0.234 e. The van der Waals surface area contributed by atoms with Crippen LogP contribution in [0.1, 0.15) is 20.3 Å². The van der Waals surface area contributed by atoms with Crippen LogP contribution in [0.5, 0.6) is 0 Å². The summed E-state index contributed by atoms with van der Waals surface area (Å²) < 4.78 is 4.69. The van der Waals surface area contributed by atoms with E-state index in [1.54, 1.807) is 12.4 Å². The summed E-state index contributed by atoms with van der Waals surface area (Å²) in [4.78, 5) is 20.5. The molecule has 0 saturated carbocycles. The Balaban J connectivity index is 1.60. The molecule has 0 spiro atoms. The maximum absolute atomic E-state index is 11.9. The second-order valence-corrected chi connectivity index (χ2v) is 7.34. The number of piperazine rings is 1. The Labute approximate surface area is 171 Å². The molecule has 1 saturated heterocycles. The molecular weight excluding hydrogens is 374 g/mol. The summed E-state index contributed by atoms with van der Waals surface area (Å²) in [6, 6.07) is 3.91. The highest BCUT2D eigenvalue weighted by atomic mass is 32.1. The van der Waals surface area contributed by atoms with Gasteiger partial charge in [-0.25, -0.2) is 4.68 Å². The zero-order valence-corrected chi connectivity index (χ0v) is 17.5. The molecule has 0 aromatic carbocycles. The van der Waals surface area contributed by atoms with Crippen LogP contribution in [0.25, 0.3) is 11.4 Å². The van der Waals surface area contributed by atoms with Crippen molar-refractivity contribution in [2.75, 3.05) is 39.3 Å². The minimum atomic E-state index is 0.112. The molecule has 2 aromatic rings. The molecule has 0 radical (unpaired) electrons. The van der Waals surface area contributed by atoms with E-state index in [1.165, 1.54) is 0 Å². The first-order valence-corrected chi connectivity index (χ1v) is 10.3. The first-order chi connectivity index (χ1) is 13.6. The molecule has 0 unspecified atom stereocenters. The van der Waals surface area contributed by atoms with E-state index in [0.29, 0.717) is 13.2 Å². The maximum atomic E-state index is 11.9. The van der Waals surface area contributed by atoms with Crippen molar-refractivity contribution in [1.29, 1.82) is 0 Å². The van der Waals surface area contributed by atoms with E-state index < -0.39 is 0 Å². The minimum Gasteiger partial charge on any atom is -0.355 e. The van der Waals surface area contributed by atoms with Crippen molar-refractivity contribution >= 4 is 18.1 Å². The average Bonchev–Trinajstić information content (AvgIpc) is 3.04. The number of hydrogen-bond acceptors (Lipinski definition) is 6. The summed E-state index contributed by atoms with van der Waals surface area (Å²) in [5.41, 5.74) is 1.02. The van der Waals surface area contributed by atoms with Gasteiger partial charge in [0.15, 0.2) is 10.6 Å². The van der Waals surface area contributed by atoms with Crippen LogP contribution in [-0.2, 0) is 18.0 Å². The number of pyridine rings is 1. The molecule has 2 aromatic heterocycles. The average molecular weight is 404 g/mol. The molecule has 1 N–H and O–H groups in total. The van der Waals surface area contributed by atoms with Crippen LogP contribution in [0.3, 0.4) is 0 Å². The normalized spacial score (nSPS) is 15.6. The molecule has 1 aliphatic rings. The summed E-state index contributed by atoms with van der Waals surface area (Å²) in [5.74, 6) is 0.988. The molecule has 8 nitrogen and oxygen atoms in total. The Kier molecular flexibility index (Phi) is 7.30. The molecule has 1 fully saturated rings. The second-order valence-electron chi connectivity index (χ2n) is 6.97. The van der Waals surface area contributed by atoms with Crippen LogP contribution in [0.15, 0.2) is 24.5 Å². The van der Waals surface area contributed by atoms with Crippen molar-refractivity contribution in [3.05, 3.63) is 29.3 Å². The Morgan fingerprint density at radius 1 is 1.14 bits per heavy atom. The van der Waals surface area contributed by atoms with Crippen molar-refractivity contribution in [3.8, 4) is 11.4 Å². The molecular formula is C19H29N7OS. The molecule has 0 atom stereocenters. The lowest BCUT2D eigenvalue weighted by molar-refractivity contribution is -0.122. The molecule has 1 amide bonds. The van der Waals surface area contributed by atoms with Gasteiger partial charge in [0.2, 0.25) is 5.91 Å². The lowest BCUT2D eigenvalue weighted by Crippen LogP contribution is -2.49. The van der Waals surface area contributed by atoms with Gasteiger partial charge in [-0.2, -0.15) is 5.10 Å². The number of carbonyl (C=O) groups is 1.